The van der Waals surface area contributed by atoms with E-state index in [0.717, 1.165) is 0 Å². The fourth-order valence-corrected chi connectivity index (χ4v) is 6.00. The fourth-order valence-electron chi connectivity index (χ4n) is 6.00. The molecule has 0 fully saturated rings. The summed E-state index contributed by atoms with van der Waals surface area (Å²) in [4.78, 5) is 5.33. The Labute approximate surface area is 235 Å². The lowest BCUT2D eigenvalue weighted by atomic mass is 10.0. The lowest BCUT2D eigenvalue weighted by Gasteiger charge is -2.33. The van der Waals surface area contributed by atoms with Crippen molar-refractivity contribution in [3.8, 4) is 0 Å². The molecule has 0 aliphatic carbocycles. The Morgan fingerprint density at radius 3 is 0.919 bits per heavy atom. The van der Waals surface area contributed by atoms with Crippen LogP contribution >= 0.6 is 0 Å². The Bertz CT molecular complexity index is 474. The molecule has 1 unspecified atom stereocenters. The fraction of sp³-hybridized carbons (Fsp3) is 0.943. The Morgan fingerprint density at radius 2 is 0.622 bits per heavy atom. The van der Waals surface area contributed by atoms with Gasteiger partial charge in [-0.1, -0.05) is 168 Å². The SMILES string of the molecule is CCCCCCCCCCCCCCCCCCCN1C=CN(CCCCCCCCC)C1CCCC. The zero-order valence-electron chi connectivity index (χ0n) is 26.1. The summed E-state index contributed by atoms with van der Waals surface area (Å²) in [6, 6.07) is 0. The highest BCUT2D eigenvalue weighted by molar-refractivity contribution is 4.96. The maximum atomic E-state index is 2.67. The van der Waals surface area contributed by atoms with Gasteiger partial charge < -0.3 is 9.80 Å². The standard InChI is InChI=1S/C35H70N2/c1-4-7-10-12-14-15-16-17-18-19-20-21-22-23-25-27-29-32-37-34-33-36(35(37)30-9-6-3)31-28-26-24-13-11-8-5-2/h33-35H,4-32H2,1-3H3. The van der Waals surface area contributed by atoms with E-state index in [2.05, 4.69) is 43.0 Å². The molecule has 0 spiro atoms. The summed E-state index contributed by atoms with van der Waals surface area (Å²) in [7, 11) is 0. The predicted octanol–water partition coefficient (Wildman–Crippen LogP) is 12.0. The van der Waals surface area contributed by atoms with Gasteiger partial charge in [-0.2, -0.15) is 0 Å². The minimum Gasteiger partial charge on any atom is -0.356 e. The Morgan fingerprint density at radius 1 is 0.351 bits per heavy atom. The number of hydrogen-bond acceptors (Lipinski definition) is 2. The highest BCUT2D eigenvalue weighted by Crippen LogP contribution is 2.23. The number of rotatable bonds is 29. The lowest BCUT2D eigenvalue weighted by molar-refractivity contribution is 0.136. The molecule has 0 bridgehead atoms. The van der Waals surface area contributed by atoms with Crippen LogP contribution in [-0.4, -0.2) is 29.1 Å². The molecule has 1 rings (SSSR count). The molecule has 0 saturated heterocycles. The van der Waals surface area contributed by atoms with Crippen molar-refractivity contribution in [1.82, 2.24) is 9.80 Å². The van der Waals surface area contributed by atoms with Crippen molar-refractivity contribution in [2.75, 3.05) is 13.1 Å². The van der Waals surface area contributed by atoms with E-state index < -0.39 is 0 Å². The molecule has 1 atom stereocenters. The minimum absolute atomic E-state index is 0.640. The molecule has 0 amide bonds. The van der Waals surface area contributed by atoms with E-state index in [1.54, 1.807) is 0 Å². The Hall–Kier alpha value is -0.660. The van der Waals surface area contributed by atoms with Gasteiger partial charge in [0.1, 0.15) is 6.17 Å². The van der Waals surface area contributed by atoms with Crippen LogP contribution in [0, 0.1) is 0 Å². The third-order valence-corrected chi connectivity index (χ3v) is 8.57. The molecule has 1 aliphatic heterocycles. The summed E-state index contributed by atoms with van der Waals surface area (Å²) in [6.45, 7) is 9.47. The molecule has 0 radical (unpaired) electrons. The molecule has 2 heteroatoms. The summed E-state index contributed by atoms with van der Waals surface area (Å²) < 4.78 is 0. The molecule has 1 heterocycles. The molecular formula is C35H70N2. The van der Waals surface area contributed by atoms with E-state index in [-0.39, 0.29) is 0 Å². The van der Waals surface area contributed by atoms with Crippen molar-refractivity contribution in [2.45, 2.75) is 200 Å². The second-order valence-corrected chi connectivity index (χ2v) is 12.2. The van der Waals surface area contributed by atoms with Gasteiger partial charge in [-0.25, -0.2) is 0 Å². The first-order chi connectivity index (χ1) is 18.3. The van der Waals surface area contributed by atoms with Gasteiger partial charge >= 0.3 is 0 Å². The van der Waals surface area contributed by atoms with Crippen molar-refractivity contribution < 1.29 is 0 Å². The van der Waals surface area contributed by atoms with E-state index in [0.29, 0.717) is 6.17 Å². The molecule has 0 aromatic carbocycles. The van der Waals surface area contributed by atoms with Crippen molar-refractivity contribution >= 4 is 0 Å². The van der Waals surface area contributed by atoms with Gasteiger partial charge in [-0.3, -0.25) is 0 Å². The smallest absolute Gasteiger partial charge is 0.101 e. The average Bonchev–Trinajstić information content (AvgIpc) is 3.29. The zero-order valence-corrected chi connectivity index (χ0v) is 26.1. The van der Waals surface area contributed by atoms with Crippen molar-refractivity contribution in [1.29, 1.82) is 0 Å². The van der Waals surface area contributed by atoms with Gasteiger partial charge in [-0.05, 0) is 25.7 Å². The van der Waals surface area contributed by atoms with Crippen LogP contribution in [0.2, 0.25) is 0 Å². The zero-order chi connectivity index (χ0) is 26.7. The first-order valence-corrected chi connectivity index (χ1v) is 17.5. The number of nitrogens with zero attached hydrogens (tertiary/aromatic N) is 2. The van der Waals surface area contributed by atoms with Crippen LogP contribution in [0.25, 0.3) is 0 Å². The normalized spacial score (nSPS) is 15.4. The van der Waals surface area contributed by atoms with Crippen molar-refractivity contribution in [3.05, 3.63) is 12.4 Å². The van der Waals surface area contributed by atoms with Crippen LogP contribution in [0.1, 0.15) is 194 Å². The summed E-state index contributed by atoms with van der Waals surface area (Å²) in [5.41, 5.74) is 0. The van der Waals surface area contributed by atoms with Crippen LogP contribution < -0.4 is 0 Å². The van der Waals surface area contributed by atoms with E-state index in [1.165, 1.54) is 186 Å². The van der Waals surface area contributed by atoms with Crippen LogP contribution in [0.15, 0.2) is 12.4 Å². The van der Waals surface area contributed by atoms with Gasteiger partial charge in [0.05, 0.1) is 0 Å². The molecule has 0 aromatic rings. The quantitative estimate of drug-likeness (QED) is 0.0908. The Kier molecular flexibility index (Phi) is 25.0. The third kappa shape index (κ3) is 20.0. The average molecular weight is 519 g/mol. The summed E-state index contributed by atoms with van der Waals surface area (Å²) >= 11 is 0. The second-order valence-electron chi connectivity index (χ2n) is 12.2. The van der Waals surface area contributed by atoms with Crippen molar-refractivity contribution in [2.24, 2.45) is 0 Å². The van der Waals surface area contributed by atoms with Crippen LogP contribution in [-0.2, 0) is 0 Å². The van der Waals surface area contributed by atoms with Gasteiger partial charge in [0.15, 0.2) is 0 Å². The highest BCUT2D eigenvalue weighted by atomic mass is 15.4. The number of hydrogen-bond donors (Lipinski definition) is 0. The van der Waals surface area contributed by atoms with Gasteiger partial charge in [0.2, 0.25) is 0 Å². The molecule has 1 aliphatic rings. The lowest BCUT2D eigenvalue weighted by Crippen LogP contribution is -2.39. The van der Waals surface area contributed by atoms with Gasteiger partial charge in [0.25, 0.3) is 0 Å². The number of unbranched alkanes of at least 4 members (excludes halogenated alkanes) is 23. The predicted molar refractivity (Wildman–Crippen MR) is 168 cm³/mol. The second kappa shape index (κ2) is 26.9. The first-order valence-electron chi connectivity index (χ1n) is 17.5. The summed E-state index contributed by atoms with van der Waals surface area (Å²) in [5.74, 6) is 0. The van der Waals surface area contributed by atoms with E-state index in [1.807, 2.05) is 0 Å². The third-order valence-electron chi connectivity index (χ3n) is 8.57. The largest absolute Gasteiger partial charge is 0.356 e. The first kappa shape index (κ1) is 34.4. The van der Waals surface area contributed by atoms with Crippen molar-refractivity contribution in [3.63, 3.8) is 0 Å². The minimum atomic E-state index is 0.640. The summed E-state index contributed by atoms with van der Waals surface area (Å²) in [6.07, 6.45) is 44.0. The summed E-state index contributed by atoms with van der Waals surface area (Å²) in [5, 5.41) is 0. The maximum absolute atomic E-state index is 2.67. The van der Waals surface area contributed by atoms with Gasteiger partial charge in [0, 0.05) is 25.5 Å². The molecule has 220 valence electrons. The van der Waals surface area contributed by atoms with E-state index in [9.17, 15) is 0 Å². The maximum Gasteiger partial charge on any atom is 0.101 e. The molecule has 37 heavy (non-hydrogen) atoms. The van der Waals surface area contributed by atoms with Crippen LogP contribution in [0.5, 0.6) is 0 Å². The molecule has 2 nitrogen and oxygen atoms in total. The van der Waals surface area contributed by atoms with Crippen LogP contribution in [0.3, 0.4) is 0 Å². The van der Waals surface area contributed by atoms with E-state index in [4.69, 9.17) is 0 Å². The van der Waals surface area contributed by atoms with Gasteiger partial charge in [-0.15, -0.1) is 0 Å². The molecule has 0 saturated carbocycles. The Balaban J connectivity index is 1.97. The topological polar surface area (TPSA) is 6.48 Å². The molecule has 0 aromatic heterocycles. The van der Waals surface area contributed by atoms with E-state index >= 15 is 0 Å². The van der Waals surface area contributed by atoms with Crippen LogP contribution in [0.4, 0.5) is 0 Å². The molecule has 0 N–H and O–H groups in total. The monoisotopic (exact) mass is 519 g/mol. The molecular weight excluding hydrogens is 448 g/mol. The highest BCUT2D eigenvalue weighted by Gasteiger charge is 2.24.